The Balaban J connectivity index is 1.61. The van der Waals surface area contributed by atoms with Crippen LogP contribution in [0.4, 0.5) is 4.79 Å². The molecule has 0 aromatic heterocycles. The Bertz CT molecular complexity index is 772. The summed E-state index contributed by atoms with van der Waals surface area (Å²) in [5.41, 5.74) is 0.292. The minimum Gasteiger partial charge on any atom is -0.465 e. The first-order chi connectivity index (χ1) is 14.3. The van der Waals surface area contributed by atoms with Crippen LogP contribution in [0, 0.1) is 5.41 Å². The Labute approximate surface area is 186 Å². The van der Waals surface area contributed by atoms with E-state index in [-0.39, 0.29) is 23.7 Å². The van der Waals surface area contributed by atoms with Crippen LogP contribution in [0.3, 0.4) is 0 Å². The van der Waals surface area contributed by atoms with Crippen molar-refractivity contribution in [3.63, 3.8) is 0 Å². The first-order valence-corrected chi connectivity index (χ1v) is 10.9. The predicted octanol–water partition coefficient (Wildman–Crippen LogP) is 3.30. The normalized spacial score (nSPS) is 25.6. The van der Waals surface area contributed by atoms with Gasteiger partial charge in [0.05, 0.1) is 37.6 Å². The Morgan fingerprint density at radius 2 is 1.71 bits per heavy atom. The highest BCUT2D eigenvalue weighted by atomic mass is 16.7. The Kier molecular flexibility index (Phi) is 6.51. The third-order valence-corrected chi connectivity index (χ3v) is 6.93. The fourth-order valence-electron chi connectivity index (χ4n) is 3.79. The highest BCUT2D eigenvalue weighted by Crippen LogP contribution is 2.38. The van der Waals surface area contributed by atoms with Gasteiger partial charge in [0.15, 0.2) is 0 Å². The average Bonchev–Trinajstić information content (AvgIpc) is 2.89. The molecule has 0 bridgehead atoms. The zero-order chi connectivity index (χ0) is 23.1. The van der Waals surface area contributed by atoms with Gasteiger partial charge in [-0.25, -0.2) is 4.79 Å². The SMILES string of the molecule is CC(C)(C)C1(COCc2ccc(B3OC(C)(C)C(C)(C)O3)cc2)CN(C(=O)O)CCO1. The summed E-state index contributed by atoms with van der Waals surface area (Å²) in [4.78, 5) is 12.9. The fraction of sp³-hybridized carbons (Fsp3) is 0.696. The second kappa shape index (κ2) is 8.39. The van der Waals surface area contributed by atoms with Crippen molar-refractivity contribution >= 4 is 18.7 Å². The molecule has 0 aliphatic carbocycles. The molecule has 1 aromatic rings. The van der Waals surface area contributed by atoms with Crippen LogP contribution < -0.4 is 5.46 Å². The molecule has 0 spiro atoms. The van der Waals surface area contributed by atoms with Gasteiger partial charge in [-0.2, -0.15) is 0 Å². The zero-order valence-electron chi connectivity index (χ0n) is 19.9. The van der Waals surface area contributed by atoms with Gasteiger partial charge in [0.25, 0.3) is 0 Å². The highest BCUT2D eigenvalue weighted by Gasteiger charge is 2.51. The molecule has 0 saturated carbocycles. The van der Waals surface area contributed by atoms with E-state index in [1.165, 1.54) is 4.90 Å². The largest absolute Gasteiger partial charge is 0.494 e. The highest BCUT2D eigenvalue weighted by molar-refractivity contribution is 6.62. The number of carboxylic acid groups (broad SMARTS) is 1. The van der Waals surface area contributed by atoms with Gasteiger partial charge in [-0.1, -0.05) is 45.0 Å². The zero-order valence-corrected chi connectivity index (χ0v) is 19.9. The van der Waals surface area contributed by atoms with E-state index in [0.717, 1.165) is 11.0 Å². The lowest BCUT2D eigenvalue weighted by Gasteiger charge is -2.49. The van der Waals surface area contributed by atoms with E-state index in [9.17, 15) is 9.90 Å². The lowest BCUT2D eigenvalue weighted by atomic mass is 9.75. The van der Waals surface area contributed by atoms with E-state index in [2.05, 4.69) is 20.8 Å². The molecule has 2 heterocycles. The molecule has 2 fully saturated rings. The topological polar surface area (TPSA) is 77.5 Å². The van der Waals surface area contributed by atoms with Gasteiger partial charge >= 0.3 is 13.2 Å². The number of morpholine rings is 1. The van der Waals surface area contributed by atoms with Gasteiger partial charge in [-0.05, 0) is 44.1 Å². The number of ether oxygens (including phenoxy) is 2. The summed E-state index contributed by atoms with van der Waals surface area (Å²) in [6, 6.07) is 8.03. The molecule has 3 rings (SSSR count). The van der Waals surface area contributed by atoms with Crippen molar-refractivity contribution in [2.45, 2.75) is 71.9 Å². The molecule has 1 aromatic carbocycles. The standard InChI is InChI=1S/C23H36BNO6/c1-20(2,3)23(15-25(19(26)27)12-13-29-23)16-28-14-17-8-10-18(11-9-17)24-30-21(4,5)22(6,7)31-24/h8-11H,12-16H2,1-7H3,(H,26,27). The first kappa shape index (κ1) is 24.0. The number of hydrogen-bond donors (Lipinski definition) is 1. The van der Waals surface area contributed by atoms with Crippen molar-refractivity contribution in [2.75, 3.05) is 26.3 Å². The predicted molar refractivity (Wildman–Crippen MR) is 120 cm³/mol. The van der Waals surface area contributed by atoms with Crippen molar-refractivity contribution in [3.8, 4) is 0 Å². The number of rotatable bonds is 5. The van der Waals surface area contributed by atoms with Gasteiger partial charge in [-0.3, -0.25) is 0 Å². The van der Waals surface area contributed by atoms with Crippen LogP contribution in [0.15, 0.2) is 24.3 Å². The Morgan fingerprint density at radius 3 is 2.23 bits per heavy atom. The van der Waals surface area contributed by atoms with Crippen molar-refractivity contribution in [3.05, 3.63) is 29.8 Å². The minimum atomic E-state index is -0.921. The van der Waals surface area contributed by atoms with E-state index < -0.39 is 11.7 Å². The van der Waals surface area contributed by atoms with Crippen LogP contribution in [0.5, 0.6) is 0 Å². The lowest BCUT2D eigenvalue weighted by Crippen LogP contribution is -2.61. The van der Waals surface area contributed by atoms with Gasteiger partial charge in [0.2, 0.25) is 0 Å². The summed E-state index contributed by atoms with van der Waals surface area (Å²) in [5.74, 6) is 0. The summed E-state index contributed by atoms with van der Waals surface area (Å²) < 4.78 is 24.4. The molecule has 2 aliphatic rings. The summed E-state index contributed by atoms with van der Waals surface area (Å²) in [7, 11) is -0.387. The molecule has 8 heteroatoms. The summed E-state index contributed by atoms with van der Waals surface area (Å²) >= 11 is 0. The number of hydrogen-bond acceptors (Lipinski definition) is 5. The summed E-state index contributed by atoms with van der Waals surface area (Å²) in [5, 5.41) is 9.43. The van der Waals surface area contributed by atoms with E-state index in [1.807, 2.05) is 52.0 Å². The van der Waals surface area contributed by atoms with E-state index in [4.69, 9.17) is 18.8 Å². The molecular formula is C23H36BNO6. The van der Waals surface area contributed by atoms with Gasteiger partial charge in [0.1, 0.15) is 5.60 Å². The van der Waals surface area contributed by atoms with Crippen molar-refractivity contribution < 1.29 is 28.7 Å². The minimum absolute atomic E-state index is 0.276. The number of carbonyl (C=O) groups is 1. The van der Waals surface area contributed by atoms with Crippen LogP contribution in [-0.4, -0.2) is 66.3 Å². The molecule has 172 valence electrons. The lowest BCUT2D eigenvalue weighted by molar-refractivity contribution is -0.190. The summed E-state index contributed by atoms with van der Waals surface area (Å²) in [6.07, 6.45) is -0.921. The van der Waals surface area contributed by atoms with E-state index in [1.54, 1.807) is 0 Å². The van der Waals surface area contributed by atoms with Crippen LogP contribution in [-0.2, 0) is 25.4 Å². The van der Waals surface area contributed by atoms with E-state index in [0.29, 0.717) is 32.9 Å². The second-order valence-corrected chi connectivity index (χ2v) is 10.6. The molecule has 31 heavy (non-hydrogen) atoms. The second-order valence-electron chi connectivity index (χ2n) is 10.6. The molecule has 2 saturated heterocycles. The molecule has 0 radical (unpaired) electrons. The van der Waals surface area contributed by atoms with Crippen LogP contribution >= 0.6 is 0 Å². The third kappa shape index (κ3) is 4.92. The molecule has 1 atom stereocenters. The summed E-state index contributed by atoms with van der Waals surface area (Å²) in [6.45, 7) is 16.1. The monoisotopic (exact) mass is 433 g/mol. The van der Waals surface area contributed by atoms with Crippen molar-refractivity contribution in [2.24, 2.45) is 5.41 Å². The maximum atomic E-state index is 11.5. The molecular weight excluding hydrogens is 397 g/mol. The number of amides is 1. The fourth-order valence-corrected chi connectivity index (χ4v) is 3.79. The van der Waals surface area contributed by atoms with Gasteiger partial charge in [-0.15, -0.1) is 0 Å². The van der Waals surface area contributed by atoms with Crippen LogP contribution in [0.25, 0.3) is 0 Å². The molecule has 7 nitrogen and oxygen atoms in total. The molecule has 1 unspecified atom stereocenters. The van der Waals surface area contributed by atoms with Crippen LogP contribution in [0.2, 0.25) is 0 Å². The van der Waals surface area contributed by atoms with Crippen molar-refractivity contribution in [1.29, 1.82) is 0 Å². The smallest absolute Gasteiger partial charge is 0.465 e. The number of nitrogens with zero attached hydrogens (tertiary/aromatic N) is 1. The van der Waals surface area contributed by atoms with E-state index >= 15 is 0 Å². The molecule has 1 N–H and O–H groups in total. The molecule has 2 aliphatic heterocycles. The first-order valence-electron chi connectivity index (χ1n) is 10.9. The maximum Gasteiger partial charge on any atom is 0.494 e. The van der Waals surface area contributed by atoms with Crippen LogP contribution in [0.1, 0.15) is 54.0 Å². The van der Waals surface area contributed by atoms with Gasteiger partial charge in [0, 0.05) is 6.54 Å². The Hall–Kier alpha value is -1.61. The van der Waals surface area contributed by atoms with Gasteiger partial charge < -0.3 is 28.8 Å². The third-order valence-electron chi connectivity index (χ3n) is 6.93. The van der Waals surface area contributed by atoms with Crippen molar-refractivity contribution in [1.82, 2.24) is 4.90 Å². The maximum absolute atomic E-state index is 11.5. The Morgan fingerprint density at radius 1 is 1.13 bits per heavy atom. The average molecular weight is 433 g/mol. The number of benzene rings is 1. The quantitative estimate of drug-likeness (QED) is 0.719. The molecule has 1 amide bonds.